The molecule has 0 aliphatic rings. The van der Waals surface area contributed by atoms with Gasteiger partial charge in [0.15, 0.2) is 0 Å². The Hall–Kier alpha value is -4.39. The zero-order valence-electron chi connectivity index (χ0n) is 20.8. The van der Waals surface area contributed by atoms with Gasteiger partial charge in [-0.2, -0.15) is 5.10 Å². The Balaban J connectivity index is 1.59. The second-order valence-corrected chi connectivity index (χ2v) is 8.53. The molecule has 0 saturated carbocycles. The Morgan fingerprint density at radius 3 is 2.50 bits per heavy atom. The first-order valence-electron chi connectivity index (χ1n) is 11.9. The van der Waals surface area contributed by atoms with E-state index in [4.69, 9.17) is 9.84 Å². The summed E-state index contributed by atoms with van der Waals surface area (Å²) in [4.78, 5) is 27.7. The smallest absolute Gasteiger partial charge is 0.257 e. The molecule has 4 aromatic rings. The molecule has 7 heteroatoms. The lowest BCUT2D eigenvalue weighted by Gasteiger charge is -2.17. The van der Waals surface area contributed by atoms with E-state index >= 15 is 0 Å². The standard InChI is InChI=1S/C29H30N4O3/c1-4-22-13-8-9-16-26(22)30-27(34)20-32(2)29(35)25-19-33(18-21-11-6-5-7-12-21)31-28(25)23-14-10-15-24(17-23)36-3/h5-17,19H,4,18,20H2,1-3H3,(H,30,34). The summed E-state index contributed by atoms with van der Waals surface area (Å²) in [6, 6.07) is 25.0. The van der Waals surface area contributed by atoms with E-state index in [0.29, 0.717) is 23.6 Å². The topological polar surface area (TPSA) is 76.5 Å². The van der Waals surface area contributed by atoms with Crippen molar-refractivity contribution in [3.05, 3.63) is 102 Å². The predicted molar refractivity (Wildman–Crippen MR) is 141 cm³/mol. The Bertz CT molecular complexity index is 1350. The third-order valence-electron chi connectivity index (χ3n) is 5.92. The van der Waals surface area contributed by atoms with Crippen LogP contribution in [0, 0.1) is 0 Å². The van der Waals surface area contributed by atoms with Gasteiger partial charge in [0.25, 0.3) is 5.91 Å². The highest BCUT2D eigenvalue weighted by Crippen LogP contribution is 2.27. The molecular formula is C29H30N4O3. The summed E-state index contributed by atoms with van der Waals surface area (Å²) in [6.45, 7) is 2.47. The number of para-hydroxylation sites is 1. The number of aryl methyl sites for hydroxylation is 1. The van der Waals surface area contributed by atoms with Crippen molar-refractivity contribution in [1.29, 1.82) is 0 Å². The Labute approximate surface area is 211 Å². The van der Waals surface area contributed by atoms with Crippen LogP contribution in [0.5, 0.6) is 5.75 Å². The number of amides is 2. The number of likely N-dealkylation sites (N-methyl/N-ethyl adjacent to an activating group) is 1. The van der Waals surface area contributed by atoms with Crippen LogP contribution in [-0.2, 0) is 17.8 Å². The summed E-state index contributed by atoms with van der Waals surface area (Å²) in [7, 11) is 3.22. The quantitative estimate of drug-likeness (QED) is 0.369. The van der Waals surface area contributed by atoms with Gasteiger partial charge in [0.2, 0.25) is 5.91 Å². The predicted octanol–water partition coefficient (Wildman–Crippen LogP) is 4.88. The third-order valence-corrected chi connectivity index (χ3v) is 5.92. The highest BCUT2D eigenvalue weighted by Gasteiger charge is 2.23. The van der Waals surface area contributed by atoms with Crippen LogP contribution in [-0.4, -0.2) is 47.2 Å². The number of aromatic nitrogens is 2. The zero-order valence-corrected chi connectivity index (χ0v) is 20.8. The SMILES string of the molecule is CCc1ccccc1NC(=O)CN(C)C(=O)c1cn(Cc2ccccc2)nc1-c1cccc(OC)c1. The van der Waals surface area contributed by atoms with Crippen LogP contribution in [0.1, 0.15) is 28.4 Å². The highest BCUT2D eigenvalue weighted by atomic mass is 16.5. The van der Waals surface area contributed by atoms with Gasteiger partial charge in [0.1, 0.15) is 11.4 Å². The third kappa shape index (κ3) is 5.81. The molecular weight excluding hydrogens is 452 g/mol. The summed E-state index contributed by atoms with van der Waals surface area (Å²) >= 11 is 0. The first-order valence-corrected chi connectivity index (χ1v) is 11.9. The molecule has 0 aliphatic carbocycles. The molecule has 4 rings (SSSR count). The fraction of sp³-hybridized carbons (Fsp3) is 0.207. The minimum atomic E-state index is -0.286. The van der Waals surface area contributed by atoms with E-state index in [2.05, 4.69) is 5.32 Å². The molecule has 0 atom stereocenters. The van der Waals surface area contributed by atoms with E-state index in [9.17, 15) is 9.59 Å². The fourth-order valence-electron chi connectivity index (χ4n) is 4.05. The molecule has 1 aromatic heterocycles. The van der Waals surface area contributed by atoms with E-state index < -0.39 is 0 Å². The molecule has 0 saturated heterocycles. The molecule has 0 bridgehead atoms. The fourth-order valence-corrected chi connectivity index (χ4v) is 4.05. The first kappa shape index (κ1) is 24.7. The second-order valence-electron chi connectivity index (χ2n) is 8.53. The van der Waals surface area contributed by atoms with Crippen LogP contribution in [0.25, 0.3) is 11.3 Å². The summed E-state index contributed by atoms with van der Waals surface area (Å²) < 4.78 is 7.12. The van der Waals surface area contributed by atoms with Crippen LogP contribution in [0.3, 0.4) is 0 Å². The molecule has 0 spiro atoms. The molecule has 2 amide bonds. The number of ether oxygens (including phenoxy) is 1. The van der Waals surface area contributed by atoms with Crippen molar-refractivity contribution >= 4 is 17.5 Å². The molecule has 1 heterocycles. The summed E-state index contributed by atoms with van der Waals surface area (Å²) in [5, 5.41) is 7.66. The minimum absolute atomic E-state index is 0.0850. The molecule has 7 nitrogen and oxygen atoms in total. The summed E-state index contributed by atoms with van der Waals surface area (Å²) in [5.41, 5.74) is 4.60. The van der Waals surface area contributed by atoms with E-state index in [0.717, 1.165) is 28.8 Å². The summed E-state index contributed by atoms with van der Waals surface area (Å²) in [6.07, 6.45) is 2.54. The first-order chi connectivity index (χ1) is 17.5. The van der Waals surface area contributed by atoms with Crippen molar-refractivity contribution < 1.29 is 14.3 Å². The molecule has 0 fully saturated rings. The number of carbonyl (C=O) groups excluding carboxylic acids is 2. The van der Waals surface area contributed by atoms with E-state index in [-0.39, 0.29) is 18.4 Å². The average molecular weight is 483 g/mol. The molecule has 184 valence electrons. The van der Waals surface area contributed by atoms with Gasteiger partial charge in [-0.25, -0.2) is 0 Å². The number of hydrogen-bond donors (Lipinski definition) is 1. The lowest BCUT2D eigenvalue weighted by atomic mass is 10.1. The van der Waals surface area contributed by atoms with Gasteiger partial charge in [-0.15, -0.1) is 0 Å². The van der Waals surface area contributed by atoms with Gasteiger partial charge in [-0.3, -0.25) is 14.3 Å². The lowest BCUT2D eigenvalue weighted by molar-refractivity contribution is -0.116. The Morgan fingerprint density at radius 2 is 1.75 bits per heavy atom. The molecule has 0 unspecified atom stereocenters. The maximum atomic E-state index is 13.5. The second kappa shape index (κ2) is 11.4. The number of rotatable bonds is 9. The minimum Gasteiger partial charge on any atom is -0.497 e. The van der Waals surface area contributed by atoms with Gasteiger partial charge in [-0.05, 0) is 35.7 Å². The van der Waals surface area contributed by atoms with Crippen molar-refractivity contribution in [3.8, 4) is 17.0 Å². The number of benzene rings is 3. The molecule has 3 aromatic carbocycles. The van der Waals surface area contributed by atoms with Gasteiger partial charge >= 0.3 is 0 Å². The van der Waals surface area contributed by atoms with Crippen molar-refractivity contribution in [2.24, 2.45) is 0 Å². The number of carbonyl (C=O) groups is 2. The maximum absolute atomic E-state index is 13.5. The van der Waals surface area contributed by atoms with Gasteiger partial charge < -0.3 is 15.0 Å². The number of nitrogens with one attached hydrogen (secondary N) is 1. The number of methoxy groups -OCH3 is 1. The monoisotopic (exact) mass is 482 g/mol. The molecule has 1 N–H and O–H groups in total. The largest absolute Gasteiger partial charge is 0.497 e. The maximum Gasteiger partial charge on any atom is 0.257 e. The van der Waals surface area contributed by atoms with Crippen LogP contribution in [0.4, 0.5) is 5.69 Å². The normalized spacial score (nSPS) is 10.6. The lowest BCUT2D eigenvalue weighted by Crippen LogP contribution is -2.35. The average Bonchev–Trinajstić information content (AvgIpc) is 3.32. The van der Waals surface area contributed by atoms with Crippen molar-refractivity contribution in [1.82, 2.24) is 14.7 Å². The van der Waals surface area contributed by atoms with Crippen molar-refractivity contribution in [3.63, 3.8) is 0 Å². The van der Waals surface area contributed by atoms with Gasteiger partial charge in [0.05, 0.1) is 25.8 Å². The van der Waals surface area contributed by atoms with E-state index in [1.54, 1.807) is 25.0 Å². The molecule has 0 aliphatic heterocycles. The van der Waals surface area contributed by atoms with Crippen molar-refractivity contribution in [2.45, 2.75) is 19.9 Å². The molecule has 0 radical (unpaired) electrons. The Kier molecular flexibility index (Phi) is 7.80. The summed E-state index contributed by atoms with van der Waals surface area (Å²) in [5.74, 6) is 0.128. The van der Waals surface area contributed by atoms with E-state index in [1.165, 1.54) is 4.90 Å². The zero-order chi connectivity index (χ0) is 25.5. The highest BCUT2D eigenvalue weighted by molar-refractivity contribution is 6.02. The molecule has 36 heavy (non-hydrogen) atoms. The van der Waals surface area contributed by atoms with Crippen LogP contribution in [0.2, 0.25) is 0 Å². The van der Waals surface area contributed by atoms with Crippen LogP contribution >= 0.6 is 0 Å². The van der Waals surface area contributed by atoms with Crippen molar-refractivity contribution in [2.75, 3.05) is 26.0 Å². The Morgan fingerprint density at radius 1 is 1.00 bits per heavy atom. The van der Waals surface area contributed by atoms with Crippen LogP contribution < -0.4 is 10.1 Å². The van der Waals surface area contributed by atoms with Crippen LogP contribution in [0.15, 0.2) is 85.1 Å². The van der Waals surface area contributed by atoms with Gasteiger partial charge in [0, 0.05) is 24.5 Å². The number of hydrogen-bond acceptors (Lipinski definition) is 4. The number of nitrogens with zero attached hydrogens (tertiary/aromatic N) is 3. The number of anilines is 1. The van der Waals surface area contributed by atoms with E-state index in [1.807, 2.05) is 85.8 Å². The van der Waals surface area contributed by atoms with Gasteiger partial charge in [-0.1, -0.05) is 67.6 Å².